The first-order chi connectivity index (χ1) is 9.24. The average molecular weight is 302 g/mol. The Kier molecular flexibility index (Phi) is 5.00. The third-order valence-electron chi connectivity index (χ3n) is 2.40. The average Bonchev–Trinajstić information content (AvgIpc) is 2.34. The van der Waals surface area contributed by atoms with Crippen LogP contribution in [-0.2, 0) is 14.8 Å². The molecule has 1 aromatic rings. The van der Waals surface area contributed by atoms with E-state index < -0.39 is 20.9 Å². The van der Waals surface area contributed by atoms with Crippen molar-refractivity contribution in [3.05, 3.63) is 28.3 Å². The summed E-state index contributed by atoms with van der Waals surface area (Å²) in [4.78, 5) is 20.2. The highest BCUT2D eigenvalue weighted by molar-refractivity contribution is 7.89. The number of primary amides is 1. The topological polar surface area (TPSA) is 158 Å². The maximum Gasteiger partial charge on any atom is 0.292 e. The van der Waals surface area contributed by atoms with Crippen LogP contribution in [0.1, 0.15) is 12.8 Å². The molecule has 5 N–H and O–H groups in total. The summed E-state index contributed by atoms with van der Waals surface area (Å²) in [7, 11) is -3.83. The van der Waals surface area contributed by atoms with E-state index in [2.05, 4.69) is 4.72 Å². The number of benzene rings is 1. The molecule has 0 aromatic heterocycles. The summed E-state index contributed by atoms with van der Waals surface area (Å²) in [5.41, 5.74) is 9.74. The van der Waals surface area contributed by atoms with Crippen LogP contribution in [0.4, 0.5) is 11.4 Å². The van der Waals surface area contributed by atoms with Crippen molar-refractivity contribution in [3.8, 4) is 0 Å². The molecule has 0 spiro atoms. The predicted octanol–water partition coefficient (Wildman–Crippen LogP) is -0.279. The molecule has 0 fully saturated rings. The van der Waals surface area contributed by atoms with E-state index in [9.17, 15) is 23.3 Å². The molecule has 0 saturated heterocycles. The first-order valence-electron chi connectivity index (χ1n) is 5.56. The van der Waals surface area contributed by atoms with E-state index in [1.807, 2.05) is 0 Å². The molecule has 1 amide bonds. The van der Waals surface area contributed by atoms with Gasteiger partial charge in [-0.1, -0.05) is 0 Å². The van der Waals surface area contributed by atoms with Crippen LogP contribution in [0.15, 0.2) is 23.1 Å². The second kappa shape index (κ2) is 6.30. The van der Waals surface area contributed by atoms with Gasteiger partial charge in [0.25, 0.3) is 5.69 Å². The lowest BCUT2D eigenvalue weighted by Crippen LogP contribution is -2.26. The highest BCUT2D eigenvalue weighted by Gasteiger charge is 2.18. The predicted molar refractivity (Wildman–Crippen MR) is 71.1 cm³/mol. The number of nitro benzene ring substituents is 1. The number of nitro groups is 1. The maximum atomic E-state index is 11.9. The van der Waals surface area contributed by atoms with E-state index in [4.69, 9.17) is 11.5 Å². The summed E-state index contributed by atoms with van der Waals surface area (Å²) in [6.45, 7) is 0.0299. The van der Waals surface area contributed by atoms with E-state index >= 15 is 0 Å². The Labute approximate surface area is 115 Å². The van der Waals surface area contributed by atoms with Gasteiger partial charge in [-0.2, -0.15) is 0 Å². The fraction of sp³-hybridized carbons (Fsp3) is 0.300. The summed E-state index contributed by atoms with van der Waals surface area (Å²) >= 11 is 0. The Morgan fingerprint density at radius 3 is 2.55 bits per heavy atom. The molecule has 0 bridgehead atoms. The molecule has 0 radical (unpaired) electrons. The normalized spacial score (nSPS) is 11.2. The lowest BCUT2D eigenvalue weighted by atomic mass is 10.3. The second-order valence-electron chi connectivity index (χ2n) is 3.95. The first kappa shape index (κ1) is 15.9. The summed E-state index contributed by atoms with van der Waals surface area (Å²) in [5, 5.41) is 10.6. The van der Waals surface area contributed by atoms with E-state index in [1.54, 1.807) is 0 Å². The van der Waals surface area contributed by atoms with Gasteiger partial charge in [0.1, 0.15) is 5.69 Å². The minimum absolute atomic E-state index is 0.0299. The monoisotopic (exact) mass is 302 g/mol. The molecule has 0 aliphatic rings. The number of nitrogens with two attached hydrogens (primary N) is 2. The van der Waals surface area contributed by atoms with Crippen LogP contribution in [0.2, 0.25) is 0 Å². The number of carbonyl (C=O) groups is 1. The third kappa shape index (κ3) is 4.17. The van der Waals surface area contributed by atoms with Crippen molar-refractivity contribution in [2.24, 2.45) is 5.73 Å². The second-order valence-corrected chi connectivity index (χ2v) is 5.71. The number of amides is 1. The fourth-order valence-electron chi connectivity index (χ4n) is 1.42. The molecule has 10 heteroatoms. The van der Waals surface area contributed by atoms with Gasteiger partial charge in [0.2, 0.25) is 15.9 Å². The van der Waals surface area contributed by atoms with E-state index in [-0.39, 0.29) is 35.7 Å². The van der Waals surface area contributed by atoms with Crippen molar-refractivity contribution in [2.75, 3.05) is 12.3 Å². The number of nitrogens with zero attached hydrogens (tertiary/aromatic N) is 1. The Hall–Kier alpha value is -2.20. The maximum absolute atomic E-state index is 11.9. The zero-order valence-corrected chi connectivity index (χ0v) is 11.2. The summed E-state index contributed by atoms with van der Waals surface area (Å²) in [6.07, 6.45) is 0.321. The quantitative estimate of drug-likeness (QED) is 0.272. The molecule has 0 aliphatic heterocycles. The number of sulfonamides is 1. The molecule has 0 saturated carbocycles. The summed E-state index contributed by atoms with van der Waals surface area (Å²) in [6, 6.07) is 3.12. The Bertz CT molecular complexity index is 629. The summed E-state index contributed by atoms with van der Waals surface area (Å²) < 4.78 is 26.0. The van der Waals surface area contributed by atoms with E-state index in [0.717, 1.165) is 18.2 Å². The molecule has 0 heterocycles. The smallest absolute Gasteiger partial charge is 0.292 e. The number of hydrogen-bond acceptors (Lipinski definition) is 6. The molecule has 0 unspecified atom stereocenters. The fourth-order valence-corrected chi connectivity index (χ4v) is 2.53. The third-order valence-corrected chi connectivity index (χ3v) is 3.86. The van der Waals surface area contributed by atoms with Crippen LogP contribution < -0.4 is 16.2 Å². The number of nitrogens with one attached hydrogen (secondary N) is 1. The van der Waals surface area contributed by atoms with Gasteiger partial charge in [0.15, 0.2) is 0 Å². The van der Waals surface area contributed by atoms with Crippen molar-refractivity contribution in [1.82, 2.24) is 4.72 Å². The van der Waals surface area contributed by atoms with Crippen LogP contribution in [0.25, 0.3) is 0 Å². The van der Waals surface area contributed by atoms with Gasteiger partial charge < -0.3 is 11.5 Å². The number of carbonyl (C=O) groups excluding carboxylic acids is 1. The van der Waals surface area contributed by atoms with Crippen LogP contribution in [0.5, 0.6) is 0 Å². The molecule has 1 rings (SSSR count). The lowest BCUT2D eigenvalue weighted by Gasteiger charge is -2.07. The highest BCUT2D eigenvalue weighted by atomic mass is 32.2. The molecule has 110 valence electrons. The highest BCUT2D eigenvalue weighted by Crippen LogP contribution is 2.24. The summed E-state index contributed by atoms with van der Waals surface area (Å²) in [5.74, 6) is -0.524. The number of rotatable bonds is 7. The number of nitrogen functional groups attached to an aromatic ring is 1. The van der Waals surface area contributed by atoms with Gasteiger partial charge in [-0.05, 0) is 18.6 Å². The zero-order chi connectivity index (χ0) is 15.3. The molecule has 9 nitrogen and oxygen atoms in total. The van der Waals surface area contributed by atoms with Crippen LogP contribution in [0.3, 0.4) is 0 Å². The van der Waals surface area contributed by atoms with Gasteiger partial charge in [0.05, 0.1) is 9.82 Å². The SMILES string of the molecule is NC(=O)CCCNS(=O)(=O)c1ccc([N+](=O)[O-])c(N)c1. The molecule has 0 aliphatic carbocycles. The van der Waals surface area contributed by atoms with Gasteiger partial charge in [-0.15, -0.1) is 0 Å². The van der Waals surface area contributed by atoms with Gasteiger partial charge in [-0.3, -0.25) is 14.9 Å². The molecular weight excluding hydrogens is 288 g/mol. The number of hydrogen-bond donors (Lipinski definition) is 3. The van der Waals surface area contributed by atoms with Crippen molar-refractivity contribution in [3.63, 3.8) is 0 Å². The molecule has 20 heavy (non-hydrogen) atoms. The Morgan fingerprint density at radius 2 is 2.05 bits per heavy atom. The number of anilines is 1. The van der Waals surface area contributed by atoms with Crippen LogP contribution in [-0.4, -0.2) is 25.8 Å². The minimum Gasteiger partial charge on any atom is -0.393 e. The van der Waals surface area contributed by atoms with Crippen molar-refractivity contribution < 1.29 is 18.1 Å². The Morgan fingerprint density at radius 1 is 1.40 bits per heavy atom. The van der Waals surface area contributed by atoms with Gasteiger partial charge in [0, 0.05) is 19.0 Å². The van der Waals surface area contributed by atoms with Crippen LogP contribution in [0, 0.1) is 10.1 Å². The molecule has 0 atom stereocenters. The van der Waals surface area contributed by atoms with E-state index in [1.165, 1.54) is 0 Å². The lowest BCUT2D eigenvalue weighted by molar-refractivity contribution is -0.383. The molecular formula is C10H14N4O5S. The Balaban J connectivity index is 2.80. The van der Waals surface area contributed by atoms with Gasteiger partial charge >= 0.3 is 0 Å². The minimum atomic E-state index is -3.83. The van der Waals surface area contributed by atoms with Crippen LogP contribution >= 0.6 is 0 Å². The van der Waals surface area contributed by atoms with Crippen molar-refractivity contribution >= 4 is 27.3 Å². The largest absolute Gasteiger partial charge is 0.393 e. The standard InChI is InChI=1S/C10H14N4O5S/c11-8-6-7(3-4-9(8)14(16)17)20(18,19)13-5-1-2-10(12)15/h3-4,6,13H,1-2,5,11H2,(H2,12,15). The van der Waals surface area contributed by atoms with Gasteiger partial charge in [-0.25, -0.2) is 13.1 Å². The van der Waals surface area contributed by atoms with Crippen molar-refractivity contribution in [1.29, 1.82) is 0 Å². The first-order valence-corrected chi connectivity index (χ1v) is 7.04. The van der Waals surface area contributed by atoms with Crippen molar-refractivity contribution in [2.45, 2.75) is 17.7 Å². The molecule has 1 aromatic carbocycles. The zero-order valence-electron chi connectivity index (χ0n) is 10.4. The van der Waals surface area contributed by atoms with E-state index in [0.29, 0.717) is 0 Å².